The molecule has 0 spiro atoms. The fourth-order valence-electron chi connectivity index (χ4n) is 1.43. The quantitative estimate of drug-likeness (QED) is 0.914. The Labute approximate surface area is 99.8 Å². The molecule has 0 aliphatic rings. The van der Waals surface area contributed by atoms with Crippen LogP contribution in [0.15, 0.2) is 16.7 Å². The molecule has 0 aromatic carbocycles. The van der Waals surface area contributed by atoms with Crippen LogP contribution in [-0.2, 0) is 0 Å². The summed E-state index contributed by atoms with van der Waals surface area (Å²) in [5.74, 6) is 0.974. The fourth-order valence-corrected chi connectivity index (χ4v) is 2.17. The topological polar surface area (TPSA) is 42.2 Å². The molecule has 1 aromatic heterocycles. The Hall–Kier alpha value is -0.610. The first-order valence-corrected chi connectivity index (χ1v) is 5.90. The van der Waals surface area contributed by atoms with Crippen molar-refractivity contribution in [3.63, 3.8) is 0 Å². The van der Waals surface area contributed by atoms with E-state index in [4.69, 9.17) is 5.73 Å². The van der Waals surface area contributed by atoms with Crippen molar-refractivity contribution in [3.8, 4) is 0 Å². The molecule has 0 saturated carbocycles. The van der Waals surface area contributed by atoms with Crippen molar-refractivity contribution in [1.82, 2.24) is 4.98 Å². The van der Waals surface area contributed by atoms with Crippen LogP contribution in [0.2, 0.25) is 0 Å². The number of halogens is 1. The molecule has 15 heavy (non-hydrogen) atoms. The van der Waals surface area contributed by atoms with E-state index in [9.17, 15) is 0 Å². The summed E-state index contributed by atoms with van der Waals surface area (Å²) in [5, 5.41) is 0. The molecule has 84 valence electrons. The van der Waals surface area contributed by atoms with Crippen LogP contribution < -0.4 is 10.6 Å². The van der Waals surface area contributed by atoms with E-state index in [0.717, 1.165) is 22.3 Å². The monoisotopic (exact) mass is 271 g/mol. The minimum atomic E-state index is 0.404. The van der Waals surface area contributed by atoms with Gasteiger partial charge in [0.15, 0.2) is 0 Å². The van der Waals surface area contributed by atoms with Gasteiger partial charge >= 0.3 is 0 Å². The van der Waals surface area contributed by atoms with E-state index >= 15 is 0 Å². The predicted octanol–water partition coefficient (Wildman–Crippen LogP) is 2.33. The highest BCUT2D eigenvalue weighted by molar-refractivity contribution is 9.10. The lowest BCUT2D eigenvalue weighted by atomic mass is 10.2. The number of hydrogen-bond acceptors (Lipinski definition) is 3. The summed E-state index contributed by atoms with van der Waals surface area (Å²) in [6.07, 6.45) is 2.85. The molecule has 0 bridgehead atoms. The minimum absolute atomic E-state index is 0.404. The number of hydrogen-bond donors (Lipinski definition) is 1. The summed E-state index contributed by atoms with van der Waals surface area (Å²) in [6.45, 7) is 4.89. The molecule has 0 amide bonds. The van der Waals surface area contributed by atoms with Crippen molar-refractivity contribution in [2.45, 2.75) is 26.3 Å². The van der Waals surface area contributed by atoms with E-state index < -0.39 is 0 Å². The molecule has 0 saturated heterocycles. The van der Waals surface area contributed by atoms with Crippen LogP contribution in [0, 0.1) is 6.92 Å². The van der Waals surface area contributed by atoms with E-state index in [1.807, 2.05) is 20.2 Å². The number of rotatable bonds is 4. The van der Waals surface area contributed by atoms with E-state index in [1.165, 1.54) is 0 Å². The minimum Gasteiger partial charge on any atom is -0.356 e. The summed E-state index contributed by atoms with van der Waals surface area (Å²) in [6, 6.07) is 2.48. The molecule has 1 unspecified atom stereocenters. The van der Waals surface area contributed by atoms with Crippen LogP contribution in [0.25, 0.3) is 0 Å². The first-order valence-electron chi connectivity index (χ1n) is 5.11. The Morgan fingerprint density at radius 2 is 2.27 bits per heavy atom. The molecule has 0 aliphatic heterocycles. The van der Waals surface area contributed by atoms with Crippen LogP contribution in [-0.4, -0.2) is 24.6 Å². The van der Waals surface area contributed by atoms with Gasteiger partial charge < -0.3 is 10.6 Å². The highest BCUT2D eigenvalue weighted by Crippen LogP contribution is 2.25. The number of aryl methyl sites for hydroxylation is 1. The molecule has 3 nitrogen and oxygen atoms in total. The molecular weight excluding hydrogens is 254 g/mol. The largest absolute Gasteiger partial charge is 0.356 e. The van der Waals surface area contributed by atoms with E-state index in [-0.39, 0.29) is 0 Å². The van der Waals surface area contributed by atoms with E-state index in [1.54, 1.807) is 0 Å². The van der Waals surface area contributed by atoms with Gasteiger partial charge in [0.2, 0.25) is 0 Å². The van der Waals surface area contributed by atoms with Crippen LogP contribution in [0.4, 0.5) is 5.82 Å². The van der Waals surface area contributed by atoms with Gasteiger partial charge in [-0.3, -0.25) is 0 Å². The van der Waals surface area contributed by atoms with Crippen LogP contribution >= 0.6 is 15.9 Å². The van der Waals surface area contributed by atoms with E-state index in [0.29, 0.717) is 12.6 Å². The standard InChI is InChI=1S/C11H18BrN3/c1-8-6-10(12)11(14-7-8)15(3)9(2)4-5-13/h6-7,9H,4-5,13H2,1-3H3. The third-order valence-electron chi connectivity index (χ3n) is 2.54. The van der Waals surface area contributed by atoms with Crippen LogP contribution in [0.5, 0.6) is 0 Å². The van der Waals surface area contributed by atoms with Crippen molar-refractivity contribution >= 4 is 21.7 Å². The highest BCUT2D eigenvalue weighted by Gasteiger charge is 2.13. The van der Waals surface area contributed by atoms with Crippen molar-refractivity contribution in [1.29, 1.82) is 0 Å². The molecule has 0 fully saturated rings. The zero-order valence-electron chi connectivity index (χ0n) is 9.50. The molecule has 1 atom stereocenters. The average Bonchev–Trinajstić information content (AvgIpc) is 2.17. The van der Waals surface area contributed by atoms with E-state index in [2.05, 4.69) is 38.8 Å². The third-order valence-corrected chi connectivity index (χ3v) is 3.12. The maximum atomic E-state index is 5.55. The summed E-state index contributed by atoms with van der Waals surface area (Å²) in [4.78, 5) is 6.57. The summed E-state index contributed by atoms with van der Waals surface area (Å²) in [7, 11) is 2.04. The highest BCUT2D eigenvalue weighted by atomic mass is 79.9. The third kappa shape index (κ3) is 3.18. The lowest BCUT2D eigenvalue weighted by Gasteiger charge is -2.26. The van der Waals surface area contributed by atoms with Gasteiger partial charge in [0, 0.05) is 19.3 Å². The Kier molecular flexibility index (Phi) is 4.54. The van der Waals surface area contributed by atoms with Crippen molar-refractivity contribution in [3.05, 3.63) is 22.3 Å². The SMILES string of the molecule is Cc1cnc(N(C)C(C)CCN)c(Br)c1. The molecular formula is C11H18BrN3. The van der Waals surface area contributed by atoms with Gasteiger partial charge in [0.25, 0.3) is 0 Å². The van der Waals surface area contributed by atoms with Gasteiger partial charge in [-0.2, -0.15) is 0 Å². The van der Waals surface area contributed by atoms with Gasteiger partial charge in [-0.25, -0.2) is 4.98 Å². The number of pyridine rings is 1. The lowest BCUT2D eigenvalue weighted by Crippen LogP contribution is -2.31. The Bertz CT molecular complexity index is 328. The first-order chi connectivity index (χ1) is 7.06. The lowest BCUT2D eigenvalue weighted by molar-refractivity contribution is 0.628. The number of aromatic nitrogens is 1. The predicted molar refractivity (Wildman–Crippen MR) is 68.2 cm³/mol. The maximum Gasteiger partial charge on any atom is 0.142 e. The van der Waals surface area contributed by atoms with Crippen molar-refractivity contribution < 1.29 is 0 Å². The number of nitrogens with two attached hydrogens (primary N) is 1. The second-order valence-corrected chi connectivity index (χ2v) is 4.71. The van der Waals surface area contributed by atoms with Gasteiger partial charge in [-0.15, -0.1) is 0 Å². The molecule has 1 heterocycles. The Morgan fingerprint density at radius 1 is 1.60 bits per heavy atom. The summed E-state index contributed by atoms with van der Waals surface area (Å²) in [5.41, 5.74) is 6.71. The molecule has 2 N–H and O–H groups in total. The van der Waals surface area contributed by atoms with Gasteiger partial charge in [0.1, 0.15) is 5.82 Å². The van der Waals surface area contributed by atoms with Crippen molar-refractivity contribution in [2.75, 3.05) is 18.5 Å². The normalized spacial score (nSPS) is 12.6. The van der Waals surface area contributed by atoms with Crippen molar-refractivity contribution in [2.24, 2.45) is 5.73 Å². The second-order valence-electron chi connectivity index (χ2n) is 3.86. The molecule has 0 aliphatic carbocycles. The summed E-state index contributed by atoms with van der Waals surface area (Å²) >= 11 is 3.53. The Morgan fingerprint density at radius 3 is 2.80 bits per heavy atom. The average molecular weight is 272 g/mol. The van der Waals surface area contributed by atoms with Crippen LogP contribution in [0.3, 0.4) is 0 Å². The Balaban J connectivity index is 2.86. The van der Waals surface area contributed by atoms with Gasteiger partial charge in [-0.1, -0.05) is 0 Å². The zero-order valence-corrected chi connectivity index (χ0v) is 11.1. The molecule has 0 radical (unpaired) electrons. The zero-order chi connectivity index (χ0) is 11.4. The molecule has 1 aromatic rings. The van der Waals surface area contributed by atoms with Gasteiger partial charge in [0.05, 0.1) is 4.47 Å². The first kappa shape index (κ1) is 12.5. The molecule has 4 heteroatoms. The van der Waals surface area contributed by atoms with Crippen LogP contribution in [0.1, 0.15) is 18.9 Å². The molecule has 1 rings (SSSR count). The summed E-state index contributed by atoms with van der Waals surface area (Å²) < 4.78 is 1.04. The smallest absolute Gasteiger partial charge is 0.142 e. The maximum absolute atomic E-state index is 5.55. The fraction of sp³-hybridized carbons (Fsp3) is 0.545. The van der Waals surface area contributed by atoms with Gasteiger partial charge in [-0.05, 0) is 54.4 Å². The number of nitrogens with zero attached hydrogens (tertiary/aromatic N) is 2. The second kappa shape index (κ2) is 5.47. The number of anilines is 1.